The van der Waals surface area contributed by atoms with Crippen LogP contribution >= 0.6 is 12.2 Å². The van der Waals surface area contributed by atoms with Crippen LogP contribution in [0.2, 0.25) is 0 Å². The van der Waals surface area contributed by atoms with Crippen LogP contribution < -0.4 is 20.9 Å². The molecule has 0 radical (unpaired) electrons. The largest absolute Gasteiger partial charge is 0.494 e. The minimum atomic E-state index is -0.0384. The quantitative estimate of drug-likeness (QED) is 0.482. The molecule has 1 amide bonds. The summed E-state index contributed by atoms with van der Waals surface area (Å²) in [4.78, 5) is 21.9. The lowest BCUT2D eigenvalue weighted by Gasteiger charge is -2.28. The van der Waals surface area contributed by atoms with E-state index in [0.29, 0.717) is 17.2 Å². The van der Waals surface area contributed by atoms with Crippen LogP contribution in [0.25, 0.3) is 11.0 Å². The van der Waals surface area contributed by atoms with Crippen molar-refractivity contribution in [3.05, 3.63) is 18.2 Å². The number of hydrogen-bond donors (Lipinski definition) is 4. The lowest BCUT2D eigenvalue weighted by Crippen LogP contribution is -2.48. The molecule has 0 aliphatic carbocycles. The third-order valence-corrected chi connectivity index (χ3v) is 4.52. The number of rotatable bonds is 3. The monoisotopic (exact) mass is 362 g/mol. The molecule has 1 saturated heterocycles. The molecular weight excluding hydrogens is 340 g/mol. The number of aromatic nitrogens is 2. The number of amides is 1. The van der Waals surface area contributed by atoms with Crippen molar-refractivity contribution >= 4 is 40.2 Å². The van der Waals surface area contributed by atoms with Crippen LogP contribution in [0, 0.1) is 5.92 Å². The maximum atomic E-state index is 12.2. The molecule has 0 bridgehead atoms. The molecule has 9 heteroatoms. The van der Waals surface area contributed by atoms with Crippen molar-refractivity contribution in [2.45, 2.75) is 12.8 Å². The Morgan fingerprint density at radius 2 is 2.12 bits per heavy atom. The van der Waals surface area contributed by atoms with Gasteiger partial charge in [0, 0.05) is 5.92 Å². The number of ether oxygens (including phenoxy) is 1. The molecule has 0 spiro atoms. The van der Waals surface area contributed by atoms with Crippen molar-refractivity contribution in [1.82, 2.24) is 25.7 Å². The summed E-state index contributed by atoms with van der Waals surface area (Å²) in [6.07, 6.45) is 1.71. The summed E-state index contributed by atoms with van der Waals surface area (Å²) in [6.45, 7) is 1.86. The Bertz CT molecular complexity index is 769. The number of carbonyl (C=O) groups is 1. The lowest BCUT2D eigenvalue weighted by molar-refractivity contribution is -0.126. The average Bonchev–Trinajstić information content (AvgIpc) is 3.02. The van der Waals surface area contributed by atoms with E-state index in [1.165, 1.54) is 0 Å². The smallest absolute Gasteiger partial charge is 0.241 e. The van der Waals surface area contributed by atoms with Gasteiger partial charge in [0.2, 0.25) is 11.9 Å². The van der Waals surface area contributed by atoms with Crippen LogP contribution in [0.1, 0.15) is 12.8 Å². The second-order valence-corrected chi connectivity index (χ2v) is 6.50. The Balaban J connectivity index is 1.53. The fraction of sp³-hybridized carbons (Fsp3) is 0.438. The molecule has 2 aromatic rings. The highest BCUT2D eigenvalue weighted by Gasteiger charge is 2.23. The number of nitrogens with one attached hydrogen (secondary N) is 4. The molecule has 25 heavy (non-hydrogen) atoms. The maximum Gasteiger partial charge on any atom is 0.241 e. The third kappa shape index (κ3) is 4.18. The van der Waals surface area contributed by atoms with E-state index in [-0.39, 0.29) is 16.9 Å². The predicted octanol–water partition coefficient (Wildman–Crippen LogP) is 1.23. The highest BCUT2D eigenvalue weighted by molar-refractivity contribution is 7.80. The highest BCUT2D eigenvalue weighted by atomic mass is 32.1. The zero-order chi connectivity index (χ0) is 17.8. The van der Waals surface area contributed by atoms with Crippen LogP contribution in [0.4, 0.5) is 5.95 Å². The van der Waals surface area contributed by atoms with E-state index < -0.39 is 0 Å². The van der Waals surface area contributed by atoms with Crippen molar-refractivity contribution in [2.24, 2.45) is 5.92 Å². The van der Waals surface area contributed by atoms with Gasteiger partial charge in [0.05, 0.1) is 12.6 Å². The third-order valence-electron chi connectivity index (χ3n) is 4.32. The van der Waals surface area contributed by atoms with Gasteiger partial charge in [0.15, 0.2) is 5.11 Å². The Morgan fingerprint density at radius 1 is 1.36 bits per heavy atom. The zero-order valence-electron chi connectivity index (χ0n) is 14.3. The number of carbonyl (C=O) groups excluding carboxylic acids is 1. The first-order valence-electron chi connectivity index (χ1n) is 8.15. The van der Waals surface area contributed by atoms with Gasteiger partial charge in [-0.2, -0.15) is 0 Å². The number of para-hydroxylation sites is 1. The number of methoxy groups -OCH3 is 1. The van der Waals surface area contributed by atoms with E-state index in [0.717, 1.165) is 31.4 Å². The second kappa shape index (κ2) is 7.66. The Hall–Kier alpha value is -2.39. The summed E-state index contributed by atoms with van der Waals surface area (Å²) in [5.74, 6) is 1.13. The molecular formula is C16H22N6O2S. The van der Waals surface area contributed by atoms with Crippen LogP contribution in [-0.4, -0.2) is 53.1 Å². The van der Waals surface area contributed by atoms with E-state index in [9.17, 15) is 4.79 Å². The SMILES string of the molecule is COc1cccc2[nH]c(NC(=S)NNC(=O)C3CCN(C)CC3)nc12. The Kier molecular flexibility index (Phi) is 5.34. The van der Waals surface area contributed by atoms with Gasteiger partial charge in [-0.1, -0.05) is 6.07 Å². The van der Waals surface area contributed by atoms with Gasteiger partial charge >= 0.3 is 0 Å². The summed E-state index contributed by atoms with van der Waals surface area (Å²) in [7, 11) is 3.66. The number of likely N-dealkylation sites (tertiary alicyclic amines) is 1. The molecule has 3 rings (SSSR count). The normalized spacial score (nSPS) is 15.8. The van der Waals surface area contributed by atoms with E-state index in [1.807, 2.05) is 18.2 Å². The molecule has 0 atom stereocenters. The van der Waals surface area contributed by atoms with E-state index in [4.69, 9.17) is 17.0 Å². The van der Waals surface area contributed by atoms with E-state index >= 15 is 0 Å². The van der Waals surface area contributed by atoms with Crippen LogP contribution in [0.15, 0.2) is 18.2 Å². The first-order valence-corrected chi connectivity index (χ1v) is 8.55. The number of nitrogens with zero attached hydrogens (tertiary/aromatic N) is 2. The molecule has 134 valence electrons. The van der Waals surface area contributed by atoms with Crippen molar-refractivity contribution in [1.29, 1.82) is 0 Å². The first kappa shape index (κ1) is 17.4. The number of benzene rings is 1. The molecule has 1 aromatic heterocycles. The van der Waals surface area contributed by atoms with Gasteiger partial charge in [-0.05, 0) is 57.3 Å². The summed E-state index contributed by atoms with van der Waals surface area (Å²) in [5, 5.41) is 3.19. The number of piperidine rings is 1. The number of hydrazine groups is 1. The number of aromatic amines is 1. The molecule has 1 fully saturated rings. The number of anilines is 1. The van der Waals surface area contributed by atoms with Gasteiger partial charge in [0.1, 0.15) is 11.3 Å². The summed E-state index contributed by atoms with van der Waals surface area (Å²) in [5.41, 5.74) is 6.94. The number of hydrogen-bond acceptors (Lipinski definition) is 5. The highest BCUT2D eigenvalue weighted by Crippen LogP contribution is 2.24. The number of imidazole rings is 1. The van der Waals surface area contributed by atoms with Crippen molar-refractivity contribution in [2.75, 3.05) is 32.6 Å². The fourth-order valence-corrected chi connectivity index (χ4v) is 3.01. The molecule has 0 unspecified atom stereocenters. The predicted molar refractivity (Wildman–Crippen MR) is 100 cm³/mol. The summed E-state index contributed by atoms with van der Waals surface area (Å²) >= 11 is 5.20. The van der Waals surface area contributed by atoms with Gasteiger partial charge in [0.25, 0.3) is 0 Å². The van der Waals surface area contributed by atoms with Gasteiger partial charge in [-0.25, -0.2) is 4.98 Å². The summed E-state index contributed by atoms with van der Waals surface area (Å²) in [6, 6.07) is 5.61. The molecule has 4 N–H and O–H groups in total. The Labute approximate surface area is 151 Å². The van der Waals surface area contributed by atoms with Crippen LogP contribution in [0.3, 0.4) is 0 Å². The minimum absolute atomic E-state index is 0.0157. The molecule has 1 aliphatic rings. The molecule has 2 heterocycles. The molecule has 1 aliphatic heterocycles. The second-order valence-electron chi connectivity index (χ2n) is 6.09. The number of fused-ring (bicyclic) bond motifs is 1. The first-order chi connectivity index (χ1) is 12.1. The average molecular weight is 362 g/mol. The standard InChI is InChI=1S/C16H22N6O2S/c1-22-8-6-10(7-9-22)14(23)20-21-16(25)19-15-17-11-4-3-5-12(24-2)13(11)18-15/h3-5,10H,6-9H2,1-2H3,(H,20,23)(H3,17,18,19,21,25). The van der Waals surface area contributed by atoms with Crippen LogP contribution in [-0.2, 0) is 4.79 Å². The fourth-order valence-electron chi connectivity index (χ4n) is 2.86. The van der Waals surface area contributed by atoms with Crippen molar-refractivity contribution in [3.63, 3.8) is 0 Å². The van der Waals surface area contributed by atoms with Crippen LogP contribution in [0.5, 0.6) is 5.75 Å². The van der Waals surface area contributed by atoms with E-state index in [1.54, 1.807) is 7.11 Å². The van der Waals surface area contributed by atoms with Crippen molar-refractivity contribution < 1.29 is 9.53 Å². The minimum Gasteiger partial charge on any atom is -0.494 e. The van der Waals surface area contributed by atoms with Gasteiger partial charge in [-0.15, -0.1) is 0 Å². The number of thiocarbonyl (C=S) groups is 1. The molecule has 1 aromatic carbocycles. The summed E-state index contributed by atoms with van der Waals surface area (Å²) < 4.78 is 5.28. The van der Waals surface area contributed by atoms with Gasteiger partial charge in [-0.3, -0.25) is 15.6 Å². The van der Waals surface area contributed by atoms with E-state index in [2.05, 4.69) is 38.1 Å². The lowest BCUT2D eigenvalue weighted by atomic mass is 9.97. The molecule has 8 nitrogen and oxygen atoms in total. The zero-order valence-corrected chi connectivity index (χ0v) is 15.1. The van der Waals surface area contributed by atoms with Gasteiger partial charge < -0.3 is 19.9 Å². The number of H-pyrrole nitrogens is 1. The molecule has 0 saturated carbocycles. The maximum absolute atomic E-state index is 12.2. The van der Waals surface area contributed by atoms with Crippen molar-refractivity contribution in [3.8, 4) is 5.75 Å². The topological polar surface area (TPSA) is 94.3 Å². The Morgan fingerprint density at radius 3 is 2.84 bits per heavy atom.